The second kappa shape index (κ2) is 8.27. The van der Waals surface area contributed by atoms with E-state index in [0.717, 1.165) is 12.0 Å². The highest BCUT2D eigenvalue weighted by atomic mass is 16.3. The van der Waals surface area contributed by atoms with E-state index in [1.807, 2.05) is 44.7 Å². The summed E-state index contributed by atoms with van der Waals surface area (Å²) in [6, 6.07) is 5.38. The Morgan fingerprint density at radius 3 is 2.46 bits per heavy atom. The van der Waals surface area contributed by atoms with Crippen molar-refractivity contribution in [3.8, 4) is 5.75 Å². The second-order valence-electron chi connectivity index (χ2n) is 7.99. The maximum absolute atomic E-state index is 12.5. The predicted molar refractivity (Wildman–Crippen MR) is 100 cm³/mol. The number of nitrogens with one attached hydrogen (secondary N) is 1. The van der Waals surface area contributed by atoms with E-state index >= 15 is 0 Å². The van der Waals surface area contributed by atoms with Crippen molar-refractivity contribution in [1.29, 1.82) is 0 Å². The molecule has 0 bridgehead atoms. The number of rotatable bonds is 6. The number of carbonyl (C=O) groups excluding carboxylic acids is 1. The van der Waals surface area contributed by atoms with E-state index in [-0.39, 0.29) is 23.2 Å². The molecule has 0 radical (unpaired) electrons. The SMILES string of the molecule is CC(C)CN(CC[C@H](C)c1cccc(N)c1O)C(=O)NC(C)(C)C. The molecule has 0 spiro atoms. The van der Waals surface area contributed by atoms with Crippen LogP contribution in [-0.4, -0.2) is 34.7 Å². The minimum atomic E-state index is -0.260. The van der Waals surface area contributed by atoms with Crippen LogP contribution in [0, 0.1) is 5.92 Å². The van der Waals surface area contributed by atoms with Gasteiger partial charge in [-0.15, -0.1) is 0 Å². The quantitative estimate of drug-likeness (QED) is 0.544. The molecular weight excluding hydrogens is 302 g/mol. The lowest BCUT2D eigenvalue weighted by Crippen LogP contribution is -2.49. The van der Waals surface area contributed by atoms with Crippen LogP contribution in [0.2, 0.25) is 0 Å². The van der Waals surface area contributed by atoms with E-state index in [1.54, 1.807) is 6.07 Å². The molecule has 24 heavy (non-hydrogen) atoms. The van der Waals surface area contributed by atoms with Gasteiger partial charge in [0.15, 0.2) is 0 Å². The number of anilines is 1. The summed E-state index contributed by atoms with van der Waals surface area (Å²) >= 11 is 0. The Labute approximate surface area is 146 Å². The predicted octanol–water partition coefficient (Wildman–Crippen LogP) is 3.93. The second-order valence-corrected chi connectivity index (χ2v) is 7.99. The summed E-state index contributed by atoms with van der Waals surface area (Å²) in [6.45, 7) is 13.5. The van der Waals surface area contributed by atoms with Crippen LogP contribution in [0.3, 0.4) is 0 Å². The van der Waals surface area contributed by atoms with E-state index in [0.29, 0.717) is 24.7 Å². The van der Waals surface area contributed by atoms with Gasteiger partial charge in [0.2, 0.25) is 0 Å². The van der Waals surface area contributed by atoms with Gasteiger partial charge in [0.25, 0.3) is 0 Å². The van der Waals surface area contributed by atoms with Gasteiger partial charge in [0, 0.05) is 18.6 Å². The van der Waals surface area contributed by atoms with Crippen LogP contribution in [-0.2, 0) is 0 Å². The number of nitrogen functional groups attached to an aromatic ring is 1. The highest BCUT2D eigenvalue weighted by molar-refractivity contribution is 5.75. The Morgan fingerprint density at radius 2 is 1.92 bits per heavy atom. The number of urea groups is 1. The lowest BCUT2D eigenvalue weighted by atomic mass is 9.96. The normalized spacial score (nSPS) is 13.0. The fourth-order valence-electron chi connectivity index (χ4n) is 2.60. The number of nitrogens with two attached hydrogens (primary N) is 1. The maximum Gasteiger partial charge on any atom is 0.317 e. The van der Waals surface area contributed by atoms with Crippen LogP contribution in [0.15, 0.2) is 18.2 Å². The van der Waals surface area contributed by atoms with Crippen LogP contribution < -0.4 is 11.1 Å². The molecule has 1 atom stereocenters. The van der Waals surface area contributed by atoms with E-state index in [4.69, 9.17) is 5.73 Å². The zero-order valence-corrected chi connectivity index (χ0v) is 15.9. The van der Waals surface area contributed by atoms with Gasteiger partial charge < -0.3 is 21.1 Å². The molecule has 0 aliphatic rings. The van der Waals surface area contributed by atoms with Gasteiger partial charge in [-0.2, -0.15) is 0 Å². The minimum Gasteiger partial charge on any atom is -0.505 e. The molecule has 2 amide bonds. The van der Waals surface area contributed by atoms with Crippen molar-refractivity contribution in [3.63, 3.8) is 0 Å². The molecule has 4 N–H and O–H groups in total. The molecule has 0 heterocycles. The zero-order valence-electron chi connectivity index (χ0n) is 15.9. The first-order valence-electron chi connectivity index (χ1n) is 8.65. The molecule has 0 unspecified atom stereocenters. The van der Waals surface area contributed by atoms with Crippen molar-refractivity contribution in [2.45, 2.75) is 59.4 Å². The number of para-hydroxylation sites is 1. The highest BCUT2D eigenvalue weighted by Crippen LogP contribution is 2.32. The van der Waals surface area contributed by atoms with Crippen LogP contribution in [0.5, 0.6) is 5.75 Å². The molecule has 136 valence electrons. The summed E-state index contributed by atoms with van der Waals surface area (Å²) in [4.78, 5) is 14.4. The zero-order chi connectivity index (χ0) is 18.5. The van der Waals surface area contributed by atoms with Crippen molar-refractivity contribution >= 4 is 11.7 Å². The lowest BCUT2D eigenvalue weighted by molar-refractivity contribution is 0.180. The molecule has 1 rings (SSSR count). The standard InChI is InChI=1S/C19H33N3O2/c1-13(2)12-22(18(24)21-19(4,5)6)11-10-14(3)15-8-7-9-16(20)17(15)23/h7-9,13-14,23H,10-12,20H2,1-6H3,(H,21,24)/t14-/m0/s1. The van der Waals surface area contributed by atoms with Crippen molar-refractivity contribution in [1.82, 2.24) is 10.2 Å². The average molecular weight is 335 g/mol. The number of hydrogen-bond donors (Lipinski definition) is 3. The fraction of sp³-hybridized carbons (Fsp3) is 0.632. The topological polar surface area (TPSA) is 78.6 Å². The first-order valence-corrected chi connectivity index (χ1v) is 8.65. The lowest BCUT2D eigenvalue weighted by Gasteiger charge is -2.30. The Bertz CT molecular complexity index is 550. The maximum atomic E-state index is 12.5. The summed E-state index contributed by atoms with van der Waals surface area (Å²) in [6.07, 6.45) is 0.765. The molecule has 5 nitrogen and oxygen atoms in total. The third-order valence-electron chi connectivity index (χ3n) is 3.82. The van der Waals surface area contributed by atoms with Crippen LogP contribution in [0.1, 0.15) is 59.4 Å². The van der Waals surface area contributed by atoms with Gasteiger partial charge in [-0.1, -0.05) is 32.9 Å². The Hall–Kier alpha value is -1.91. The number of phenolic OH excluding ortho intramolecular Hbond substituents is 1. The van der Waals surface area contributed by atoms with E-state index in [9.17, 15) is 9.90 Å². The highest BCUT2D eigenvalue weighted by Gasteiger charge is 2.21. The average Bonchev–Trinajstić information content (AvgIpc) is 2.43. The van der Waals surface area contributed by atoms with Crippen molar-refractivity contribution in [3.05, 3.63) is 23.8 Å². The molecule has 0 saturated carbocycles. The molecular formula is C19H33N3O2. The number of benzene rings is 1. The number of hydrogen-bond acceptors (Lipinski definition) is 3. The Morgan fingerprint density at radius 1 is 1.29 bits per heavy atom. The van der Waals surface area contributed by atoms with Crippen molar-refractivity contribution in [2.75, 3.05) is 18.8 Å². The Kier molecular flexibility index (Phi) is 6.93. The molecule has 0 aliphatic heterocycles. The van der Waals surface area contributed by atoms with Gasteiger partial charge in [-0.05, 0) is 50.7 Å². The van der Waals surface area contributed by atoms with E-state index in [1.165, 1.54) is 0 Å². The summed E-state index contributed by atoms with van der Waals surface area (Å²) in [5, 5.41) is 13.1. The van der Waals surface area contributed by atoms with E-state index < -0.39 is 0 Å². The van der Waals surface area contributed by atoms with Crippen LogP contribution in [0.25, 0.3) is 0 Å². The third kappa shape index (κ3) is 6.30. The Balaban J connectivity index is 2.77. The smallest absolute Gasteiger partial charge is 0.317 e. The number of carbonyl (C=O) groups is 1. The first kappa shape index (κ1) is 20.1. The van der Waals surface area contributed by atoms with Gasteiger partial charge in [-0.3, -0.25) is 0 Å². The largest absolute Gasteiger partial charge is 0.505 e. The summed E-state index contributed by atoms with van der Waals surface area (Å²) in [7, 11) is 0. The number of nitrogens with zero attached hydrogens (tertiary/aromatic N) is 1. The minimum absolute atomic E-state index is 0.0415. The number of aromatic hydroxyl groups is 1. The number of phenols is 1. The molecule has 0 aliphatic carbocycles. The summed E-state index contributed by atoms with van der Waals surface area (Å²) in [5.74, 6) is 0.664. The van der Waals surface area contributed by atoms with Crippen molar-refractivity contribution < 1.29 is 9.90 Å². The van der Waals surface area contributed by atoms with Gasteiger partial charge in [0.05, 0.1) is 5.69 Å². The molecule has 1 aromatic carbocycles. The van der Waals surface area contributed by atoms with Crippen LogP contribution in [0.4, 0.5) is 10.5 Å². The number of amides is 2. The van der Waals surface area contributed by atoms with Crippen LogP contribution >= 0.6 is 0 Å². The summed E-state index contributed by atoms with van der Waals surface area (Å²) < 4.78 is 0. The van der Waals surface area contributed by atoms with Gasteiger partial charge in [-0.25, -0.2) is 4.79 Å². The molecule has 5 heteroatoms. The molecule has 0 aromatic heterocycles. The summed E-state index contributed by atoms with van der Waals surface area (Å²) in [5.41, 5.74) is 6.74. The van der Waals surface area contributed by atoms with Gasteiger partial charge in [0.1, 0.15) is 5.75 Å². The van der Waals surface area contributed by atoms with Crippen molar-refractivity contribution in [2.24, 2.45) is 5.92 Å². The molecule has 0 saturated heterocycles. The van der Waals surface area contributed by atoms with E-state index in [2.05, 4.69) is 19.2 Å². The molecule has 0 fully saturated rings. The first-order chi connectivity index (χ1) is 11.0. The monoisotopic (exact) mass is 335 g/mol. The molecule has 1 aromatic rings. The third-order valence-corrected chi connectivity index (χ3v) is 3.82. The van der Waals surface area contributed by atoms with Gasteiger partial charge >= 0.3 is 6.03 Å². The fourth-order valence-corrected chi connectivity index (χ4v) is 2.60.